The summed E-state index contributed by atoms with van der Waals surface area (Å²) in [6, 6.07) is 7.76. The monoisotopic (exact) mass is 380 g/mol. The minimum Gasteiger partial charge on any atom is -0.490 e. The minimum atomic E-state index is -0.379. The van der Waals surface area contributed by atoms with Gasteiger partial charge in [0.15, 0.2) is 0 Å². The predicted octanol–water partition coefficient (Wildman–Crippen LogP) is 1.36. The molecule has 1 aromatic rings. The van der Waals surface area contributed by atoms with E-state index in [-0.39, 0.29) is 11.9 Å². The molecule has 1 fully saturated rings. The summed E-state index contributed by atoms with van der Waals surface area (Å²) in [7, 11) is 4.07. The van der Waals surface area contributed by atoms with Gasteiger partial charge >= 0.3 is 0 Å². The Morgan fingerprint density at radius 2 is 1.96 bits per heavy atom. The van der Waals surface area contributed by atoms with Crippen molar-refractivity contribution in [1.82, 2.24) is 9.80 Å². The molecule has 1 saturated heterocycles. The molecule has 1 aromatic carbocycles. The number of para-hydroxylation sites is 2. The number of benzene rings is 1. The lowest BCUT2D eigenvalue weighted by atomic mass is 10.1. The molecule has 0 radical (unpaired) electrons. The van der Waals surface area contributed by atoms with Gasteiger partial charge in [-0.2, -0.15) is 11.8 Å². The molecule has 1 atom stereocenters. The van der Waals surface area contributed by atoms with E-state index in [2.05, 4.69) is 15.9 Å². The van der Waals surface area contributed by atoms with Gasteiger partial charge in [-0.05, 0) is 44.7 Å². The number of rotatable bonds is 9. The summed E-state index contributed by atoms with van der Waals surface area (Å²) in [5, 5.41) is 0. The Labute approximate surface area is 161 Å². The number of carbonyl (C=O) groups excluding carboxylic acids is 1. The van der Waals surface area contributed by atoms with Crippen molar-refractivity contribution in [1.29, 1.82) is 0 Å². The van der Waals surface area contributed by atoms with Crippen LogP contribution in [0.4, 0.5) is 5.69 Å². The number of piperazine rings is 1. The van der Waals surface area contributed by atoms with Crippen LogP contribution in [0, 0.1) is 0 Å². The maximum absolute atomic E-state index is 12.5. The maximum Gasteiger partial charge on any atom is 0.239 e. The van der Waals surface area contributed by atoms with E-state index in [0.29, 0.717) is 19.7 Å². The molecule has 2 rings (SSSR count). The lowest BCUT2D eigenvalue weighted by Crippen LogP contribution is -2.53. The van der Waals surface area contributed by atoms with Crippen molar-refractivity contribution in [2.24, 2.45) is 5.73 Å². The van der Waals surface area contributed by atoms with Crippen LogP contribution in [0.25, 0.3) is 0 Å². The fourth-order valence-corrected chi connectivity index (χ4v) is 3.44. The molecular formula is C19H32N4O2S. The summed E-state index contributed by atoms with van der Waals surface area (Å²) >= 11 is 1.73. The lowest BCUT2D eigenvalue weighted by molar-refractivity contribution is -0.132. The number of hydrogen-bond donors (Lipinski definition) is 1. The van der Waals surface area contributed by atoms with Crippen LogP contribution in [-0.2, 0) is 4.79 Å². The van der Waals surface area contributed by atoms with Crippen molar-refractivity contribution in [3.8, 4) is 5.75 Å². The average Bonchev–Trinajstić information content (AvgIpc) is 2.66. The molecule has 26 heavy (non-hydrogen) atoms. The number of hydrogen-bond acceptors (Lipinski definition) is 6. The molecule has 0 saturated carbocycles. The van der Waals surface area contributed by atoms with Gasteiger partial charge in [0.2, 0.25) is 5.91 Å². The molecule has 1 aliphatic rings. The summed E-state index contributed by atoms with van der Waals surface area (Å²) in [6.45, 7) is 4.55. The molecule has 146 valence electrons. The number of amides is 1. The zero-order valence-corrected chi connectivity index (χ0v) is 17.0. The molecule has 0 aliphatic carbocycles. The number of anilines is 1. The fraction of sp³-hybridized carbons (Fsp3) is 0.632. The van der Waals surface area contributed by atoms with Gasteiger partial charge in [-0.25, -0.2) is 0 Å². The fourth-order valence-electron chi connectivity index (χ4n) is 2.95. The first-order chi connectivity index (χ1) is 12.5. The van der Waals surface area contributed by atoms with E-state index in [9.17, 15) is 4.79 Å². The lowest BCUT2D eigenvalue weighted by Gasteiger charge is -2.37. The molecule has 0 unspecified atom stereocenters. The third-order valence-electron chi connectivity index (χ3n) is 4.54. The highest BCUT2D eigenvalue weighted by Gasteiger charge is 2.26. The normalized spacial score (nSPS) is 16.0. The Kier molecular flexibility index (Phi) is 8.54. The summed E-state index contributed by atoms with van der Waals surface area (Å²) in [5.41, 5.74) is 7.14. The predicted molar refractivity (Wildman–Crippen MR) is 110 cm³/mol. The van der Waals surface area contributed by atoms with Crippen LogP contribution in [0.1, 0.15) is 6.42 Å². The molecule has 1 amide bonds. The van der Waals surface area contributed by atoms with Gasteiger partial charge in [0.1, 0.15) is 12.4 Å². The van der Waals surface area contributed by atoms with Crippen LogP contribution in [0.3, 0.4) is 0 Å². The maximum atomic E-state index is 12.5. The van der Waals surface area contributed by atoms with Crippen LogP contribution in [0.15, 0.2) is 24.3 Å². The molecule has 6 nitrogen and oxygen atoms in total. The van der Waals surface area contributed by atoms with Crippen LogP contribution >= 0.6 is 11.8 Å². The summed E-state index contributed by atoms with van der Waals surface area (Å²) < 4.78 is 5.97. The van der Waals surface area contributed by atoms with Gasteiger partial charge in [-0.15, -0.1) is 0 Å². The summed E-state index contributed by atoms with van der Waals surface area (Å²) in [6.07, 6.45) is 2.77. The molecule has 2 N–H and O–H groups in total. The number of likely N-dealkylation sites (N-methyl/N-ethyl adjacent to an activating group) is 1. The molecule has 0 aromatic heterocycles. The van der Waals surface area contributed by atoms with E-state index < -0.39 is 0 Å². The number of nitrogens with zero attached hydrogens (tertiary/aromatic N) is 3. The molecule has 0 spiro atoms. The quantitative estimate of drug-likeness (QED) is 0.698. The number of ether oxygens (including phenoxy) is 1. The molecule has 7 heteroatoms. The highest BCUT2D eigenvalue weighted by molar-refractivity contribution is 7.98. The van der Waals surface area contributed by atoms with E-state index >= 15 is 0 Å². The Balaban J connectivity index is 1.90. The molecule has 0 bridgehead atoms. The minimum absolute atomic E-state index is 0.0780. The van der Waals surface area contributed by atoms with E-state index in [1.807, 2.05) is 43.5 Å². The van der Waals surface area contributed by atoms with Crippen molar-refractivity contribution < 1.29 is 9.53 Å². The third kappa shape index (κ3) is 6.07. The molecular weight excluding hydrogens is 348 g/mol. The average molecular weight is 381 g/mol. The Bertz CT molecular complexity index is 562. The second-order valence-corrected chi connectivity index (χ2v) is 7.81. The van der Waals surface area contributed by atoms with Gasteiger partial charge in [0.25, 0.3) is 0 Å². The first-order valence-electron chi connectivity index (χ1n) is 9.17. The van der Waals surface area contributed by atoms with Gasteiger partial charge in [0, 0.05) is 32.7 Å². The second-order valence-electron chi connectivity index (χ2n) is 6.82. The van der Waals surface area contributed by atoms with Crippen LogP contribution in [0.2, 0.25) is 0 Å². The highest BCUT2D eigenvalue weighted by Crippen LogP contribution is 2.29. The summed E-state index contributed by atoms with van der Waals surface area (Å²) in [5.74, 6) is 1.91. The van der Waals surface area contributed by atoms with E-state index in [4.69, 9.17) is 10.5 Å². The first kappa shape index (κ1) is 20.9. The van der Waals surface area contributed by atoms with Crippen molar-refractivity contribution in [2.75, 3.05) is 70.3 Å². The number of nitrogens with two attached hydrogens (primary N) is 1. The van der Waals surface area contributed by atoms with E-state index in [1.165, 1.54) is 0 Å². The molecule has 1 aliphatic heterocycles. The van der Waals surface area contributed by atoms with Crippen LogP contribution < -0.4 is 15.4 Å². The van der Waals surface area contributed by atoms with E-state index in [0.717, 1.165) is 43.2 Å². The topological polar surface area (TPSA) is 62.0 Å². The zero-order chi connectivity index (χ0) is 18.9. The van der Waals surface area contributed by atoms with Crippen molar-refractivity contribution in [3.63, 3.8) is 0 Å². The van der Waals surface area contributed by atoms with Gasteiger partial charge in [-0.1, -0.05) is 12.1 Å². The Morgan fingerprint density at radius 3 is 2.62 bits per heavy atom. The highest BCUT2D eigenvalue weighted by atomic mass is 32.2. The van der Waals surface area contributed by atoms with Crippen molar-refractivity contribution in [3.05, 3.63) is 24.3 Å². The molecule has 1 heterocycles. The van der Waals surface area contributed by atoms with Gasteiger partial charge < -0.3 is 25.2 Å². The van der Waals surface area contributed by atoms with Gasteiger partial charge in [-0.3, -0.25) is 4.79 Å². The second kappa shape index (κ2) is 10.6. The van der Waals surface area contributed by atoms with Crippen molar-refractivity contribution >= 4 is 23.4 Å². The largest absolute Gasteiger partial charge is 0.490 e. The van der Waals surface area contributed by atoms with Crippen LogP contribution in [0.5, 0.6) is 5.75 Å². The SMILES string of the molecule is CSCC[C@H](N)C(=O)N1CCN(c2ccccc2OCCN(C)C)CC1. The number of carbonyl (C=O) groups is 1. The zero-order valence-electron chi connectivity index (χ0n) is 16.2. The van der Waals surface area contributed by atoms with Crippen LogP contribution in [-0.4, -0.2) is 87.2 Å². The summed E-state index contributed by atoms with van der Waals surface area (Å²) in [4.78, 5) is 18.8. The van der Waals surface area contributed by atoms with Gasteiger partial charge in [0.05, 0.1) is 11.7 Å². The third-order valence-corrected chi connectivity index (χ3v) is 5.19. The van der Waals surface area contributed by atoms with Crippen molar-refractivity contribution in [2.45, 2.75) is 12.5 Å². The Hall–Kier alpha value is -1.44. The standard InChI is InChI=1S/C19H32N4O2S/c1-21(2)13-14-25-18-7-5-4-6-17(18)22-9-11-23(12-10-22)19(24)16(20)8-15-26-3/h4-7,16H,8-15,20H2,1-3H3/t16-/m0/s1. The number of thioether (sulfide) groups is 1. The Morgan fingerprint density at radius 1 is 1.27 bits per heavy atom. The first-order valence-corrected chi connectivity index (χ1v) is 10.6. The smallest absolute Gasteiger partial charge is 0.239 e. The van der Waals surface area contributed by atoms with E-state index in [1.54, 1.807) is 11.8 Å².